The fraction of sp³-hybridized carbons (Fsp3) is 0.300. The van der Waals surface area contributed by atoms with Gasteiger partial charge in [-0.15, -0.1) is 0 Å². The summed E-state index contributed by atoms with van der Waals surface area (Å²) in [6.07, 6.45) is 2.12. The number of rotatable bonds is 5. The summed E-state index contributed by atoms with van der Waals surface area (Å²) in [6.45, 7) is 0. The van der Waals surface area contributed by atoms with Crippen LogP contribution in [0.1, 0.15) is 10.4 Å². The molecule has 0 heterocycles. The van der Waals surface area contributed by atoms with Gasteiger partial charge in [-0.05, 0) is 12.1 Å². The topological polar surface area (TPSA) is 137 Å². The fourth-order valence-corrected chi connectivity index (χ4v) is 4.81. The Morgan fingerprint density at radius 2 is 1.18 bits per heavy atom. The standard InChI is InChI=1S/C10H11O8PS3/c1-20(13,14)6-4-7(21(2,15)16)9(10(11)19-12)8(5-6)22(3,17)18/h4-5H,1-3H3. The van der Waals surface area contributed by atoms with Gasteiger partial charge >= 0.3 is 0 Å². The van der Waals surface area contributed by atoms with Gasteiger partial charge in [0.15, 0.2) is 29.5 Å². The van der Waals surface area contributed by atoms with Crippen LogP contribution in [-0.2, 0) is 34.1 Å². The minimum absolute atomic E-state index is 0.576. The summed E-state index contributed by atoms with van der Waals surface area (Å²) in [4.78, 5) is 9.53. The summed E-state index contributed by atoms with van der Waals surface area (Å²) in [5.74, 6) is 0. The normalized spacial score (nSPS) is 13.2. The van der Waals surface area contributed by atoms with Crippen molar-refractivity contribution in [2.45, 2.75) is 14.7 Å². The third-order valence-electron chi connectivity index (χ3n) is 2.56. The molecule has 0 fully saturated rings. The van der Waals surface area contributed by atoms with E-state index in [9.17, 15) is 34.6 Å². The van der Waals surface area contributed by atoms with Crippen molar-refractivity contribution in [1.82, 2.24) is 0 Å². The largest absolute Gasteiger partial charge is 0.280 e. The average Bonchev–Trinajstić information content (AvgIpc) is 2.33. The average molecular weight is 386 g/mol. The molecule has 0 unspecified atom stereocenters. The number of carbonyl (C=O) groups excluding carboxylic acids is 1. The molecule has 0 bridgehead atoms. The predicted octanol–water partition coefficient (Wildman–Crippen LogP) is 0.329. The lowest BCUT2D eigenvalue weighted by molar-refractivity contribution is 0.107. The molecule has 8 nitrogen and oxygen atoms in total. The van der Waals surface area contributed by atoms with Crippen molar-refractivity contribution in [1.29, 1.82) is 0 Å². The highest BCUT2D eigenvalue weighted by molar-refractivity contribution is 7.92. The van der Waals surface area contributed by atoms with Crippen LogP contribution in [0.2, 0.25) is 0 Å². The Bertz CT molecular complexity index is 918. The van der Waals surface area contributed by atoms with Gasteiger partial charge in [0.25, 0.3) is 5.52 Å². The van der Waals surface area contributed by atoms with Crippen LogP contribution in [0.25, 0.3) is 0 Å². The van der Waals surface area contributed by atoms with Gasteiger partial charge in [-0.2, -0.15) is 0 Å². The van der Waals surface area contributed by atoms with E-state index in [2.05, 4.69) is 0 Å². The van der Waals surface area contributed by atoms with Gasteiger partial charge in [-0.1, -0.05) is 0 Å². The van der Waals surface area contributed by atoms with Crippen LogP contribution in [0, 0.1) is 0 Å². The lowest BCUT2D eigenvalue weighted by Crippen LogP contribution is -2.14. The van der Waals surface area contributed by atoms with Crippen LogP contribution in [0.4, 0.5) is 0 Å². The SMILES string of the molecule is CS(=O)(=O)c1cc(S(C)(=O)=O)c(C(=O)P=O)c(S(C)(=O)=O)c1. The lowest BCUT2D eigenvalue weighted by Gasteiger charge is -2.12. The maximum Gasteiger partial charge on any atom is 0.255 e. The molecule has 1 aromatic rings. The zero-order valence-electron chi connectivity index (χ0n) is 11.6. The summed E-state index contributed by atoms with van der Waals surface area (Å²) in [6, 6.07) is 1.36. The molecule has 0 N–H and O–H groups in total. The van der Waals surface area contributed by atoms with Crippen molar-refractivity contribution in [3.63, 3.8) is 0 Å². The second-order valence-electron chi connectivity index (χ2n) is 4.51. The van der Waals surface area contributed by atoms with E-state index >= 15 is 0 Å². The van der Waals surface area contributed by atoms with E-state index in [4.69, 9.17) is 0 Å². The lowest BCUT2D eigenvalue weighted by atomic mass is 10.2. The highest BCUT2D eigenvalue weighted by atomic mass is 32.2. The number of benzene rings is 1. The Hall–Kier alpha value is -1.16. The van der Waals surface area contributed by atoms with Crippen LogP contribution in [-0.4, -0.2) is 49.5 Å². The zero-order valence-corrected chi connectivity index (χ0v) is 14.9. The Labute approximate surface area is 129 Å². The first kappa shape index (κ1) is 18.9. The van der Waals surface area contributed by atoms with Crippen molar-refractivity contribution >= 4 is 43.5 Å². The molecular weight excluding hydrogens is 375 g/mol. The first-order chi connectivity index (χ1) is 9.69. The van der Waals surface area contributed by atoms with Gasteiger partial charge < -0.3 is 0 Å². The molecule has 22 heavy (non-hydrogen) atoms. The van der Waals surface area contributed by atoms with Crippen molar-refractivity contribution in [2.24, 2.45) is 0 Å². The first-order valence-electron chi connectivity index (χ1n) is 5.35. The Morgan fingerprint density at radius 1 is 0.818 bits per heavy atom. The van der Waals surface area contributed by atoms with E-state index in [0.29, 0.717) is 24.6 Å². The molecule has 0 aliphatic rings. The first-order valence-corrected chi connectivity index (χ1v) is 11.8. The molecule has 122 valence electrons. The van der Waals surface area contributed by atoms with E-state index in [0.717, 1.165) is 6.26 Å². The van der Waals surface area contributed by atoms with Gasteiger partial charge in [0.1, 0.15) is 0 Å². The highest BCUT2D eigenvalue weighted by Crippen LogP contribution is 2.30. The maximum absolute atomic E-state index is 11.8. The number of hydrogen-bond donors (Lipinski definition) is 0. The number of carbonyl (C=O) groups is 1. The molecule has 12 heteroatoms. The fourth-order valence-electron chi connectivity index (χ4n) is 1.62. The quantitative estimate of drug-likeness (QED) is 0.660. The molecule has 0 spiro atoms. The predicted molar refractivity (Wildman–Crippen MR) is 77.7 cm³/mol. The monoisotopic (exact) mass is 386 g/mol. The maximum atomic E-state index is 11.8. The zero-order chi connectivity index (χ0) is 17.5. The number of sulfone groups is 3. The van der Waals surface area contributed by atoms with Gasteiger partial charge in [-0.3, -0.25) is 9.36 Å². The summed E-state index contributed by atoms with van der Waals surface area (Å²) >= 11 is 0. The van der Waals surface area contributed by atoms with Crippen LogP contribution < -0.4 is 0 Å². The second-order valence-corrected chi connectivity index (χ2v) is 11.1. The van der Waals surface area contributed by atoms with Crippen molar-refractivity contribution in [2.75, 3.05) is 18.8 Å². The Morgan fingerprint density at radius 3 is 1.41 bits per heavy atom. The Balaban J connectivity index is 4.22. The molecule has 0 saturated heterocycles. The minimum atomic E-state index is -4.15. The van der Waals surface area contributed by atoms with E-state index < -0.39 is 63.7 Å². The molecule has 0 atom stereocenters. The summed E-state index contributed by atoms with van der Waals surface area (Å²) in [5, 5.41) is 0. The van der Waals surface area contributed by atoms with E-state index in [1.54, 1.807) is 0 Å². The van der Waals surface area contributed by atoms with Crippen LogP contribution in [0.5, 0.6) is 0 Å². The molecule has 1 aromatic carbocycles. The van der Waals surface area contributed by atoms with Crippen LogP contribution >= 0.6 is 8.46 Å². The van der Waals surface area contributed by atoms with E-state index in [1.807, 2.05) is 0 Å². The minimum Gasteiger partial charge on any atom is -0.280 e. The Kier molecular flexibility index (Phi) is 4.98. The third kappa shape index (κ3) is 3.97. The second kappa shape index (κ2) is 5.80. The summed E-state index contributed by atoms with van der Waals surface area (Å²) < 4.78 is 81.1. The smallest absolute Gasteiger partial charge is 0.255 e. The van der Waals surface area contributed by atoms with Gasteiger partial charge in [-0.25, -0.2) is 25.3 Å². The van der Waals surface area contributed by atoms with Crippen LogP contribution in [0.3, 0.4) is 0 Å². The molecule has 0 saturated carbocycles. The van der Waals surface area contributed by atoms with Gasteiger partial charge in [0, 0.05) is 18.8 Å². The van der Waals surface area contributed by atoms with E-state index in [-0.39, 0.29) is 0 Å². The summed E-state index contributed by atoms with van der Waals surface area (Å²) in [7, 11) is -13.4. The van der Waals surface area contributed by atoms with Crippen molar-refractivity contribution < 1.29 is 34.6 Å². The molecular formula is C10H11O8PS3. The number of hydrogen-bond acceptors (Lipinski definition) is 8. The highest BCUT2D eigenvalue weighted by Gasteiger charge is 2.30. The van der Waals surface area contributed by atoms with Crippen molar-refractivity contribution in [3.05, 3.63) is 17.7 Å². The van der Waals surface area contributed by atoms with E-state index in [1.165, 1.54) is 0 Å². The third-order valence-corrected chi connectivity index (χ3v) is 6.29. The molecule has 0 aliphatic carbocycles. The van der Waals surface area contributed by atoms with Gasteiger partial charge in [0.2, 0.25) is 8.46 Å². The molecule has 0 aliphatic heterocycles. The van der Waals surface area contributed by atoms with Crippen molar-refractivity contribution in [3.8, 4) is 0 Å². The van der Waals surface area contributed by atoms with Gasteiger partial charge in [0.05, 0.1) is 20.2 Å². The molecule has 0 amide bonds. The summed E-state index contributed by atoms with van der Waals surface area (Å²) in [5.41, 5.74) is -2.09. The van der Waals surface area contributed by atoms with Crippen LogP contribution in [0.15, 0.2) is 26.8 Å². The molecule has 1 rings (SSSR count). The molecule has 0 aromatic heterocycles. The molecule has 0 radical (unpaired) electrons.